The van der Waals surface area contributed by atoms with Crippen LogP contribution in [0.3, 0.4) is 0 Å². The van der Waals surface area contributed by atoms with Crippen molar-refractivity contribution in [3.8, 4) is 56.3 Å². The number of phenols is 1. The molecule has 3 heterocycles. The van der Waals surface area contributed by atoms with Gasteiger partial charge in [-0.25, -0.2) is 9.97 Å². The van der Waals surface area contributed by atoms with Crippen molar-refractivity contribution in [2.45, 2.75) is 132 Å². The fourth-order valence-electron chi connectivity index (χ4n) is 9.41. The summed E-state index contributed by atoms with van der Waals surface area (Å²) in [5, 5.41) is 13.8. The molecule has 6 aromatic carbocycles. The number of hydrogen-bond acceptors (Lipinski definition) is 5. The molecule has 7 heteroatoms. The number of phenolic OH excluding ortho intramolecular Hbond substituents is 1. The van der Waals surface area contributed by atoms with Crippen LogP contribution in [0.2, 0.25) is 0 Å². The van der Waals surface area contributed by atoms with Crippen molar-refractivity contribution in [1.29, 1.82) is 0 Å². The minimum absolute atomic E-state index is 0. The standard InChI is InChI=1S/C62H67N4OS.Pt/c1-58(2,3)35-37-24-26-45-51(28-37)68-56-52(63-36-64-54(45)56)40-29-39(30-42(31-40)60(7,8)9)44-22-19-23-50-53(44)65-57(47-33-43(61(10,11)12)34-48(55(47)67)62(13,14)15)66(50)49-27-25-41(59(4,5)6)32-46(49)38-20-17-16-18-21-38;/h16-28,30-34,36,67H,35H2,1-15H3;/q-1;. The molecule has 0 saturated carbocycles. The van der Waals surface area contributed by atoms with E-state index in [1.165, 1.54) is 21.4 Å². The zero-order valence-electron chi connectivity index (χ0n) is 43.1. The molecule has 0 spiro atoms. The number of para-hydroxylation sites is 1. The molecule has 1 N–H and O–H groups in total. The van der Waals surface area contributed by atoms with Crippen LogP contribution in [-0.4, -0.2) is 24.6 Å². The summed E-state index contributed by atoms with van der Waals surface area (Å²) in [6, 6.07) is 43.6. The molecule has 0 aliphatic heterocycles. The Morgan fingerprint density at radius 2 is 1.23 bits per heavy atom. The summed E-state index contributed by atoms with van der Waals surface area (Å²) in [6.07, 6.45) is 2.71. The number of imidazole rings is 1. The van der Waals surface area contributed by atoms with Crippen LogP contribution in [0.1, 0.15) is 132 Å². The number of thiophene rings is 1. The van der Waals surface area contributed by atoms with Gasteiger partial charge >= 0.3 is 0 Å². The smallest absolute Gasteiger partial charge is 0.148 e. The molecule has 358 valence electrons. The van der Waals surface area contributed by atoms with E-state index in [2.05, 4.69) is 224 Å². The predicted molar refractivity (Wildman–Crippen MR) is 290 cm³/mol. The number of aromatic nitrogens is 4. The van der Waals surface area contributed by atoms with Gasteiger partial charge in [-0.3, -0.25) is 9.55 Å². The van der Waals surface area contributed by atoms with E-state index in [9.17, 15) is 5.11 Å². The molecule has 0 amide bonds. The zero-order chi connectivity index (χ0) is 48.9. The van der Waals surface area contributed by atoms with Gasteiger partial charge in [0.1, 0.15) is 17.9 Å². The van der Waals surface area contributed by atoms with Gasteiger partial charge in [-0.2, -0.15) is 0 Å². The van der Waals surface area contributed by atoms with E-state index >= 15 is 0 Å². The van der Waals surface area contributed by atoms with Gasteiger partial charge in [0, 0.05) is 52.7 Å². The molecule has 69 heavy (non-hydrogen) atoms. The minimum atomic E-state index is -0.333. The van der Waals surface area contributed by atoms with Gasteiger partial charge in [0.2, 0.25) is 0 Å². The van der Waals surface area contributed by atoms with Crippen molar-refractivity contribution in [1.82, 2.24) is 19.5 Å². The number of benzene rings is 6. The van der Waals surface area contributed by atoms with Crippen LogP contribution in [0.25, 0.3) is 81.9 Å². The molecule has 0 radical (unpaired) electrons. The SMILES string of the molecule is CC(C)(C)Cc1ccc2c(c1)sc1c(-c3[c-]c(-c4cccc5c4nc(-c4cc(C(C)(C)C)cc(C(C)(C)C)c4O)n5-c4ccc(C(C)(C)C)cc4-c4ccccc4)cc(C(C)(C)C)c3)ncnc12.[Pt]. The van der Waals surface area contributed by atoms with E-state index in [0.717, 1.165) is 83.4 Å². The first-order valence-electron chi connectivity index (χ1n) is 24.1. The first-order chi connectivity index (χ1) is 31.8. The number of hydrogen-bond donors (Lipinski definition) is 1. The van der Waals surface area contributed by atoms with Crippen molar-refractivity contribution >= 4 is 42.7 Å². The number of fused-ring (bicyclic) bond motifs is 4. The molecule has 0 aliphatic rings. The van der Waals surface area contributed by atoms with Crippen LogP contribution in [0, 0.1) is 11.5 Å². The third-order valence-electron chi connectivity index (χ3n) is 13.2. The van der Waals surface area contributed by atoms with E-state index < -0.39 is 0 Å². The summed E-state index contributed by atoms with van der Waals surface area (Å²) < 4.78 is 4.57. The number of nitrogens with zero attached hydrogens (tertiary/aromatic N) is 4. The van der Waals surface area contributed by atoms with Gasteiger partial charge in [-0.05, 0) is 86.1 Å². The fourth-order valence-corrected chi connectivity index (χ4v) is 10.6. The third-order valence-corrected chi connectivity index (χ3v) is 14.4. The Morgan fingerprint density at radius 1 is 0.580 bits per heavy atom. The molecule has 9 rings (SSSR count). The maximum absolute atomic E-state index is 12.6. The van der Waals surface area contributed by atoms with Crippen LogP contribution in [0.4, 0.5) is 0 Å². The van der Waals surface area contributed by atoms with Gasteiger partial charge in [0.25, 0.3) is 0 Å². The van der Waals surface area contributed by atoms with Crippen LogP contribution in [0.5, 0.6) is 5.75 Å². The Bertz CT molecular complexity index is 3400. The van der Waals surface area contributed by atoms with Crippen molar-refractivity contribution in [2.24, 2.45) is 5.41 Å². The Morgan fingerprint density at radius 3 is 1.88 bits per heavy atom. The Kier molecular flexibility index (Phi) is 12.9. The second-order valence-electron chi connectivity index (χ2n) is 24.2. The van der Waals surface area contributed by atoms with Crippen LogP contribution >= 0.6 is 11.3 Å². The number of rotatable bonds is 6. The molecular weight excluding hydrogens is 1040 g/mol. The minimum Gasteiger partial charge on any atom is -0.507 e. The predicted octanol–water partition coefficient (Wildman–Crippen LogP) is 17.1. The van der Waals surface area contributed by atoms with Crippen molar-refractivity contribution in [2.75, 3.05) is 0 Å². The topological polar surface area (TPSA) is 63.8 Å². The van der Waals surface area contributed by atoms with Gasteiger partial charge in [-0.1, -0.05) is 182 Å². The quantitative estimate of drug-likeness (QED) is 0.169. The largest absolute Gasteiger partial charge is 0.507 e. The Balaban J connectivity index is 0.00000642. The summed E-state index contributed by atoms with van der Waals surface area (Å²) in [5.41, 5.74) is 15.5. The third kappa shape index (κ3) is 9.74. The first-order valence-corrected chi connectivity index (χ1v) is 24.9. The molecule has 0 fully saturated rings. The molecule has 0 aliphatic carbocycles. The van der Waals surface area contributed by atoms with Crippen molar-refractivity contribution in [3.05, 3.63) is 149 Å². The maximum Gasteiger partial charge on any atom is 0.148 e. The summed E-state index contributed by atoms with van der Waals surface area (Å²) in [4.78, 5) is 15.6. The first kappa shape index (κ1) is 50.0. The molecule has 0 bridgehead atoms. The molecular formula is C62H67N4OPtS-. The van der Waals surface area contributed by atoms with Crippen LogP contribution in [0.15, 0.2) is 116 Å². The van der Waals surface area contributed by atoms with Gasteiger partial charge in [0.15, 0.2) is 0 Å². The van der Waals surface area contributed by atoms with E-state index in [1.54, 1.807) is 17.7 Å². The van der Waals surface area contributed by atoms with Crippen LogP contribution < -0.4 is 0 Å². The second-order valence-corrected chi connectivity index (χ2v) is 25.3. The molecule has 0 saturated heterocycles. The summed E-state index contributed by atoms with van der Waals surface area (Å²) >= 11 is 1.77. The van der Waals surface area contributed by atoms with Gasteiger partial charge < -0.3 is 5.11 Å². The van der Waals surface area contributed by atoms with E-state index in [0.29, 0.717) is 11.4 Å². The zero-order valence-corrected chi connectivity index (χ0v) is 46.2. The Hall–Kier alpha value is -5.42. The summed E-state index contributed by atoms with van der Waals surface area (Å²) in [5.74, 6) is 0.935. The fraction of sp³-hybridized carbons (Fsp3) is 0.339. The molecule has 0 unspecified atom stereocenters. The average Bonchev–Trinajstić information content (AvgIpc) is 3.83. The summed E-state index contributed by atoms with van der Waals surface area (Å²) in [7, 11) is 0. The monoisotopic (exact) mass is 1110 g/mol. The second kappa shape index (κ2) is 17.8. The molecule has 5 nitrogen and oxygen atoms in total. The molecule has 9 aromatic rings. The molecule has 3 aromatic heterocycles. The van der Waals surface area contributed by atoms with Crippen LogP contribution in [-0.2, 0) is 49.1 Å². The van der Waals surface area contributed by atoms with Gasteiger partial charge in [0.05, 0.1) is 27.8 Å². The van der Waals surface area contributed by atoms with E-state index in [1.807, 2.05) is 0 Å². The van der Waals surface area contributed by atoms with Crippen molar-refractivity contribution < 1.29 is 26.2 Å². The van der Waals surface area contributed by atoms with Crippen molar-refractivity contribution in [3.63, 3.8) is 0 Å². The molecule has 0 atom stereocenters. The summed E-state index contributed by atoms with van der Waals surface area (Å²) in [6.45, 7) is 33.7. The number of aromatic hydroxyl groups is 1. The Labute approximate surface area is 428 Å². The average molecular weight is 1110 g/mol. The normalized spacial score (nSPS) is 12.9. The van der Waals surface area contributed by atoms with E-state index in [-0.39, 0.29) is 53.9 Å². The van der Waals surface area contributed by atoms with Gasteiger partial charge in [-0.15, -0.1) is 40.7 Å². The maximum atomic E-state index is 12.6. The van der Waals surface area contributed by atoms with E-state index in [4.69, 9.17) is 15.0 Å².